The summed E-state index contributed by atoms with van der Waals surface area (Å²) in [5, 5.41) is 15.5. The van der Waals surface area contributed by atoms with Crippen molar-refractivity contribution in [3.05, 3.63) is 57.9 Å². The molecule has 1 aliphatic rings. The number of benzene rings is 1. The first kappa shape index (κ1) is 15.1. The van der Waals surface area contributed by atoms with Gasteiger partial charge in [0.1, 0.15) is 17.5 Å². The molecule has 1 saturated heterocycles. The lowest BCUT2D eigenvalue weighted by Crippen LogP contribution is -2.24. The molecule has 0 spiro atoms. The molecule has 1 fully saturated rings. The second-order valence-corrected chi connectivity index (χ2v) is 5.40. The van der Waals surface area contributed by atoms with Crippen LogP contribution in [0.4, 0.5) is 14.6 Å². The van der Waals surface area contributed by atoms with Crippen LogP contribution in [-0.2, 0) is 4.79 Å². The van der Waals surface area contributed by atoms with Crippen LogP contribution < -0.4 is 10.5 Å². The van der Waals surface area contributed by atoms with Crippen molar-refractivity contribution in [3.63, 3.8) is 0 Å². The maximum absolute atomic E-state index is 14.0. The highest BCUT2D eigenvalue weighted by molar-refractivity contribution is 5.73. The Kier molecular flexibility index (Phi) is 3.81. The molecule has 2 N–H and O–H groups in total. The Bertz CT molecular complexity index is 788. The van der Waals surface area contributed by atoms with E-state index in [2.05, 4.69) is 10.2 Å². The highest BCUT2D eigenvalue weighted by Crippen LogP contribution is 2.36. The summed E-state index contributed by atoms with van der Waals surface area (Å²) in [5.41, 5.74) is -0.213. The molecule has 1 aromatic heterocycles. The first-order valence-electron chi connectivity index (χ1n) is 6.94. The number of carbonyl (C=O) groups is 1. The van der Waals surface area contributed by atoms with E-state index >= 15 is 0 Å². The molecule has 2 atom stereocenters. The fourth-order valence-corrected chi connectivity index (χ4v) is 2.87. The lowest BCUT2D eigenvalue weighted by atomic mass is 9.88. The van der Waals surface area contributed by atoms with Gasteiger partial charge in [0.15, 0.2) is 0 Å². The van der Waals surface area contributed by atoms with E-state index in [0.29, 0.717) is 5.82 Å². The Morgan fingerprint density at radius 3 is 2.65 bits per heavy atom. The van der Waals surface area contributed by atoms with E-state index in [4.69, 9.17) is 0 Å². The Morgan fingerprint density at radius 1 is 1.26 bits per heavy atom. The van der Waals surface area contributed by atoms with Gasteiger partial charge >= 0.3 is 5.97 Å². The molecule has 0 unspecified atom stereocenters. The van der Waals surface area contributed by atoms with Gasteiger partial charge in [0.2, 0.25) is 0 Å². The zero-order valence-corrected chi connectivity index (χ0v) is 11.9. The quantitative estimate of drug-likeness (QED) is 0.891. The van der Waals surface area contributed by atoms with Crippen molar-refractivity contribution in [1.29, 1.82) is 0 Å². The number of nitrogens with zero attached hydrogens (tertiary/aromatic N) is 2. The largest absolute Gasteiger partial charge is 0.481 e. The number of aromatic nitrogens is 2. The molecular weight excluding hydrogens is 308 g/mol. The highest BCUT2D eigenvalue weighted by Gasteiger charge is 2.40. The third-order valence-electron chi connectivity index (χ3n) is 3.99. The lowest BCUT2D eigenvalue weighted by Gasteiger charge is -2.17. The molecule has 0 saturated carbocycles. The molecule has 1 aliphatic heterocycles. The summed E-state index contributed by atoms with van der Waals surface area (Å²) in [5.74, 6) is -3.63. The van der Waals surface area contributed by atoms with Crippen LogP contribution in [0.3, 0.4) is 0 Å². The topological polar surface area (TPSA) is 86.3 Å². The number of hydrogen-bond donors (Lipinski definition) is 2. The van der Waals surface area contributed by atoms with Crippen molar-refractivity contribution < 1.29 is 18.7 Å². The zero-order valence-electron chi connectivity index (χ0n) is 11.9. The monoisotopic (exact) mass is 321 g/mol. The summed E-state index contributed by atoms with van der Waals surface area (Å²) in [6.07, 6.45) is 0. The maximum atomic E-state index is 14.0. The van der Waals surface area contributed by atoms with Crippen LogP contribution in [0.25, 0.3) is 0 Å². The Labute approximate surface area is 129 Å². The minimum absolute atomic E-state index is 0.121. The molecule has 8 heteroatoms. The molecule has 1 aromatic carbocycles. The Balaban J connectivity index is 1.94. The maximum Gasteiger partial charge on any atom is 0.308 e. The van der Waals surface area contributed by atoms with Gasteiger partial charge in [-0.3, -0.25) is 9.59 Å². The standard InChI is InChI=1S/C15H13F2N3O3/c16-8-1-2-9(12(17)5-8)10-6-20(7-11(10)15(22)23)13-3-4-14(21)19-18-13/h1-5,10-11H,6-7H2,(H,19,21)(H,22,23)/t10-,11+/m0/s1. The number of carboxylic acid groups (broad SMARTS) is 1. The molecule has 120 valence electrons. The number of nitrogens with one attached hydrogen (secondary N) is 1. The molecular formula is C15H13F2N3O3. The van der Waals surface area contributed by atoms with Crippen LogP contribution in [0, 0.1) is 17.6 Å². The van der Waals surface area contributed by atoms with E-state index in [1.54, 1.807) is 4.90 Å². The number of aromatic amines is 1. The molecule has 0 bridgehead atoms. The van der Waals surface area contributed by atoms with Crippen molar-refractivity contribution in [3.8, 4) is 0 Å². The average Bonchev–Trinajstić information content (AvgIpc) is 2.93. The van der Waals surface area contributed by atoms with Gasteiger partial charge in [0, 0.05) is 31.1 Å². The number of hydrogen-bond acceptors (Lipinski definition) is 4. The summed E-state index contributed by atoms with van der Waals surface area (Å²) in [6, 6.07) is 5.88. The van der Waals surface area contributed by atoms with Gasteiger partial charge in [-0.15, -0.1) is 0 Å². The van der Waals surface area contributed by atoms with Crippen molar-refractivity contribution in [1.82, 2.24) is 10.2 Å². The van der Waals surface area contributed by atoms with Gasteiger partial charge in [-0.25, -0.2) is 13.9 Å². The second-order valence-electron chi connectivity index (χ2n) is 5.40. The first-order chi connectivity index (χ1) is 11.0. The predicted molar refractivity (Wildman–Crippen MR) is 77.3 cm³/mol. The van der Waals surface area contributed by atoms with Crippen LogP contribution in [0.5, 0.6) is 0 Å². The fraction of sp³-hybridized carbons (Fsp3) is 0.267. The summed E-state index contributed by atoms with van der Waals surface area (Å²) >= 11 is 0. The fourth-order valence-electron chi connectivity index (χ4n) is 2.87. The number of rotatable bonds is 3. The van der Waals surface area contributed by atoms with Crippen LogP contribution in [0.1, 0.15) is 11.5 Å². The lowest BCUT2D eigenvalue weighted by molar-refractivity contribution is -0.141. The summed E-state index contributed by atoms with van der Waals surface area (Å²) in [7, 11) is 0. The van der Waals surface area contributed by atoms with Gasteiger partial charge in [0.25, 0.3) is 5.56 Å². The third kappa shape index (κ3) is 2.92. The van der Waals surface area contributed by atoms with E-state index in [1.165, 1.54) is 18.2 Å². The summed E-state index contributed by atoms with van der Waals surface area (Å²) in [6.45, 7) is 0.328. The van der Waals surface area contributed by atoms with Crippen LogP contribution in [0.15, 0.2) is 35.1 Å². The highest BCUT2D eigenvalue weighted by atomic mass is 19.1. The third-order valence-corrected chi connectivity index (χ3v) is 3.99. The number of carboxylic acids is 1. The van der Waals surface area contributed by atoms with Gasteiger partial charge < -0.3 is 10.0 Å². The minimum Gasteiger partial charge on any atom is -0.481 e. The van der Waals surface area contributed by atoms with E-state index in [9.17, 15) is 23.5 Å². The normalized spacial score (nSPS) is 20.7. The molecule has 6 nitrogen and oxygen atoms in total. The molecule has 2 aromatic rings. The second kappa shape index (κ2) is 5.79. The van der Waals surface area contributed by atoms with E-state index < -0.39 is 29.4 Å². The van der Waals surface area contributed by atoms with Gasteiger partial charge in [0.05, 0.1) is 5.92 Å². The number of aliphatic carboxylic acids is 1. The molecule has 0 radical (unpaired) electrons. The van der Waals surface area contributed by atoms with Crippen molar-refractivity contribution >= 4 is 11.8 Å². The molecule has 3 rings (SSSR count). The zero-order chi connectivity index (χ0) is 16.6. The van der Waals surface area contributed by atoms with Crippen LogP contribution >= 0.6 is 0 Å². The minimum atomic E-state index is -1.06. The average molecular weight is 321 g/mol. The van der Waals surface area contributed by atoms with E-state index in [0.717, 1.165) is 12.1 Å². The Morgan fingerprint density at radius 2 is 2.04 bits per heavy atom. The number of anilines is 1. The number of halogens is 2. The van der Waals surface area contributed by atoms with Crippen molar-refractivity contribution in [2.75, 3.05) is 18.0 Å². The molecule has 23 heavy (non-hydrogen) atoms. The first-order valence-corrected chi connectivity index (χ1v) is 6.94. The van der Waals surface area contributed by atoms with E-state index in [1.807, 2.05) is 0 Å². The summed E-state index contributed by atoms with van der Waals surface area (Å²) in [4.78, 5) is 24.2. The molecule has 2 heterocycles. The summed E-state index contributed by atoms with van der Waals surface area (Å²) < 4.78 is 27.1. The molecule has 0 aliphatic carbocycles. The van der Waals surface area contributed by atoms with E-state index in [-0.39, 0.29) is 24.2 Å². The molecule has 0 amide bonds. The SMILES string of the molecule is O=C(O)[C@@H]1CN(c2ccc(=O)[nH]n2)C[C@H]1c1ccc(F)cc1F. The van der Waals surface area contributed by atoms with Crippen LogP contribution in [0.2, 0.25) is 0 Å². The Hall–Kier alpha value is -2.77. The van der Waals surface area contributed by atoms with Crippen molar-refractivity contribution in [2.24, 2.45) is 5.92 Å². The van der Waals surface area contributed by atoms with Crippen molar-refractivity contribution in [2.45, 2.75) is 5.92 Å². The number of H-pyrrole nitrogens is 1. The smallest absolute Gasteiger partial charge is 0.308 e. The van der Waals surface area contributed by atoms with Gasteiger partial charge in [-0.05, 0) is 17.7 Å². The van der Waals surface area contributed by atoms with Crippen LogP contribution in [-0.4, -0.2) is 34.4 Å². The van der Waals surface area contributed by atoms with Gasteiger partial charge in [-0.2, -0.15) is 5.10 Å². The predicted octanol–water partition coefficient (Wildman–Crippen LogP) is 1.35. The van der Waals surface area contributed by atoms with Gasteiger partial charge in [-0.1, -0.05) is 6.07 Å².